The van der Waals surface area contributed by atoms with Gasteiger partial charge < -0.3 is 25.0 Å². The third kappa shape index (κ3) is 3.64. The van der Waals surface area contributed by atoms with Crippen LogP contribution >= 0.6 is 0 Å². The molecule has 0 spiro atoms. The Bertz CT molecular complexity index is 889. The van der Waals surface area contributed by atoms with Crippen molar-refractivity contribution < 1.29 is 23.5 Å². The summed E-state index contributed by atoms with van der Waals surface area (Å²) in [6.07, 6.45) is 0.166. The molecule has 0 aromatic heterocycles. The number of rotatable bonds is 3. The molecule has 0 unspecified atom stereocenters. The van der Waals surface area contributed by atoms with E-state index in [2.05, 4.69) is 10.6 Å². The fourth-order valence-corrected chi connectivity index (χ4v) is 3.16. The van der Waals surface area contributed by atoms with E-state index in [9.17, 15) is 14.0 Å². The van der Waals surface area contributed by atoms with Gasteiger partial charge in [0.1, 0.15) is 19.0 Å². The van der Waals surface area contributed by atoms with Gasteiger partial charge >= 0.3 is 6.03 Å². The number of hydrogen-bond acceptors (Lipinski definition) is 4. The van der Waals surface area contributed by atoms with Gasteiger partial charge in [0, 0.05) is 24.7 Å². The van der Waals surface area contributed by atoms with Crippen LogP contribution < -0.4 is 25.0 Å². The Morgan fingerprint density at radius 1 is 1.11 bits per heavy atom. The Balaban J connectivity index is 1.40. The first-order valence-electron chi connectivity index (χ1n) is 8.62. The Labute approximate surface area is 155 Å². The van der Waals surface area contributed by atoms with E-state index < -0.39 is 11.8 Å². The minimum Gasteiger partial charge on any atom is -0.486 e. The summed E-state index contributed by atoms with van der Waals surface area (Å²) in [6, 6.07) is 10.3. The van der Waals surface area contributed by atoms with Crippen molar-refractivity contribution in [1.29, 1.82) is 0 Å². The van der Waals surface area contributed by atoms with Crippen LogP contribution in [0.2, 0.25) is 0 Å². The Kier molecular flexibility index (Phi) is 4.53. The van der Waals surface area contributed by atoms with Crippen molar-refractivity contribution in [3.63, 3.8) is 0 Å². The lowest BCUT2D eigenvalue weighted by molar-refractivity contribution is -0.117. The molecule has 7 nitrogen and oxygen atoms in total. The zero-order chi connectivity index (χ0) is 18.8. The number of fused-ring (bicyclic) bond motifs is 1. The lowest BCUT2D eigenvalue weighted by Crippen LogP contribution is -2.39. The van der Waals surface area contributed by atoms with Crippen LogP contribution in [-0.2, 0) is 4.79 Å². The van der Waals surface area contributed by atoms with Crippen molar-refractivity contribution in [2.75, 3.05) is 30.0 Å². The highest BCUT2D eigenvalue weighted by Gasteiger charge is 2.32. The van der Waals surface area contributed by atoms with Gasteiger partial charge in [0.05, 0.1) is 11.7 Å². The number of nitrogens with one attached hydrogen (secondary N) is 2. The summed E-state index contributed by atoms with van der Waals surface area (Å²) in [7, 11) is 0. The predicted octanol–water partition coefficient (Wildman–Crippen LogP) is 2.52. The molecule has 0 radical (unpaired) electrons. The zero-order valence-corrected chi connectivity index (χ0v) is 14.4. The van der Waals surface area contributed by atoms with Crippen LogP contribution in [0.1, 0.15) is 6.42 Å². The average Bonchev–Trinajstić information content (AvgIpc) is 3.03. The molecule has 140 valence electrons. The molecule has 0 bridgehead atoms. The number of ether oxygens (including phenoxy) is 2. The quantitative estimate of drug-likeness (QED) is 0.869. The van der Waals surface area contributed by atoms with Crippen molar-refractivity contribution in [1.82, 2.24) is 5.32 Å². The number of hydrogen-bond donors (Lipinski definition) is 2. The van der Waals surface area contributed by atoms with Crippen LogP contribution in [-0.4, -0.2) is 37.7 Å². The van der Waals surface area contributed by atoms with Crippen LogP contribution in [0.4, 0.5) is 20.6 Å². The third-order valence-corrected chi connectivity index (χ3v) is 4.42. The van der Waals surface area contributed by atoms with Crippen LogP contribution in [0.5, 0.6) is 11.5 Å². The first-order chi connectivity index (χ1) is 13.1. The molecule has 1 saturated heterocycles. The first-order valence-corrected chi connectivity index (χ1v) is 8.62. The SMILES string of the molecule is O=C(Nc1ccccc1F)N[C@@H]1CC(=O)N(c2ccc3c(c2)OCCO3)C1. The summed E-state index contributed by atoms with van der Waals surface area (Å²) in [4.78, 5) is 26.1. The van der Waals surface area contributed by atoms with Crippen LogP contribution in [0.3, 0.4) is 0 Å². The van der Waals surface area contributed by atoms with Gasteiger partial charge in [-0.2, -0.15) is 0 Å². The fourth-order valence-electron chi connectivity index (χ4n) is 3.16. The molecule has 0 saturated carbocycles. The number of amides is 3. The normalized spacial score (nSPS) is 18.3. The molecule has 0 aliphatic carbocycles. The Morgan fingerprint density at radius 2 is 1.89 bits per heavy atom. The molecular weight excluding hydrogens is 353 g/mol. The van der Waals surface area contributed by atoms with Gasteiger partial charge in [-0.25, -0.2) is 9.18 Å². The number of anilines is 2. The molecule has 3 amide bonds. The van der Waals surface area contributed by atoms with E-state index in [1.807, 2.05) is 0 Å². The summed E-state index contributed by atoms with van der Waals surface area (Å²) in [5, 5.41) is 5.17. The highest BCUT2D eigenvalue weighted by Crippen LogP contribution is 2.35. The number of carbonyl (C=O) groups excluding carboxylic acids is 2. The maximum atomic E-state index is 13.6. The van der Waals surface area contributed by atoms with E-state index in [-0.39, 0.29) is 24.1 Å². The van der Waals surface area contributed by atoms with Crippen molar-refractivity contribution in [3.8, 4) is 11.5 Å². The van der Waals surface area contributed by atoms with E-state index >= 15 is 0 Å². The summed E-state index contributed by atoms with van der Waals surface area (Å²) >= 11 is 0. The first kappa shape index (κ1) is 17.1. The second-order valence-corrected chi connectivity index (χ2v) is 6.31. The summed E-state index contributed by atoms with van der Waals surface area (Å²) in [6.45, 7) is 1.28. The van der Waals surface area contributed by atoms with Crippen LogP contribution in [0.15, 0.2) is 42.5 Å². The maximum absolute atomic E-state index is 13.6. The number of halogens is 1. The Hall–Kier alpha value is -3.29. The van der Waals surface area contributed by atoms with Gasteiger partial charge in [0.2, 0.25) is 5.91 Å². The van der Waals surface area contributed by atoms with E-state index in [4.69, 9.17) is 9.47 Å². The third-order valence-electron chi connectivity index (χ3n) is 4.42. The highest BCUT2D eigenvalue weighted by molar-refractivity contribution is 5.98. The number of urea groups is 1. The Morgan fingerprint density at radius 3 is 2.70 bits per heavy atom. The molecule has 8 heteroatoms. The van der Waals surface area contributed by atoms with Gasteiger partial charge in [-0.1, -0.05) is 12.1 Å². The van der Waals surface area contributed by atoms with E-state index in [1.165, 1.54) is 12.1 Å². The van der Waals surface area contributed by atoms with E-state index in [0.29, 0.717) is 36.9 Å². The molecule has 2 aromatic rings. The zero-order valence-electron chi connectivity index (χ0n) is 14.4. The molecular formula is C19H18FN3O4. The molecule has 2 aliphatic heterocycles. The minimum atomic E-state index is -0.554. The molecule has 2 aliphatic rings. The molecule has 2 N–H and O–H groups in total. The number of carbonyl (C=O) groups is 2. The van der Waals surface area contributed by atoms with Gasteiger partial charge in [0.15, 0.2) is 11.5 Å². The predicted molar refractivity (Wildman–Crippen MR) is 96.7 cm³/mol. The van der Waals surface area contributed by atoms with Crippen LogP contribution in [0.25, 0.3) is 0 Å². The topological polar surface area (TPSA) is 79.9 Å². The van der Waals surface area contributed by atoms with Crippen LogP contribution in [0, 0.1) is 5.82 Å². The molecule has 1 atom stereocenters. The lowest BCUT2D eigenvalue weighted by Gasteiger charge is -2.22. The van der Waals surface area contributed by atoms with Crippen molar-refractivity contribution in [2.24, 2.45) is 0 Å². The second kappa shape index (κ2) is 7.14. The average molecular weight is 371 g/mol. The van der Waals surface area contributed by atoms with Crippen molar-refractivity contribution in [2.45, 2.75) is 12.5 Å². The summed E-state index contributed by atoms with van der Waals surface area (Å²) in [5.74, 6) is 0.617. The van der Waals surface area contributed by atoms with Crippen molar-refractivity contribution in [3.05, 3.63) is 48.3 Å². The largest absolute Gasteiger partial charge is 0.486 e. The number of benzene rings is 2. The number of para-hydroxylation sites is 1. The summed E-state index contributed by atoms with van der Waals surface area (Å²) < 4.78 is 24.7. The molecule has 2 aromatic carbocycles. The minimum absolute atomic E-state index is 0.0861. The fraction of sp³-hybridized carbons (Fsp3) is 0.263. The van der Waals surface area contributed by atoms with E-state index in [1.54, 1.807) is 35.2 Å². The summed E-state index contributed by atoms with van der Waals surface area (Å²) in [5.41, 5.74) is 0.770. The van der Waals surface area contributed by atoms with Crippen molar-refractivity contribution >= 4 is 23.3 Å². The maximum Gasteiger partial charge on any atom is 0.319 e. The number of nitrogens with zero attached hydrogens (tertiary/aromatic N) is 1. The highest BCUT2D eigenvalue weighted by atomic mass is 19.1. The standard InChI is InChI=1S/C19H18FN3O4/c20-14-3-1-2-4-15(14)22-19(25)21-12-9-18(24)23(11-12)13-5-6-16-17(10-13)27-8-7-26-16/h1-6,10,12H,7-9,11H2,(H2,21,22,25)/t12-/m1/s1. The molecule has 1 fully saturated rings. The van der Waals surface area contributed by atoms with Gasteiger partial charge in [-0.05, 0) is 24.3 Å². The molecule has 4 rings (SSSR count). The second-order valence-electron chi connectivity index (χ2n) is 6.31. The van der Waals surface area contributed by atoms with Gasteiger partial charge in [-0.3, -0.25) is 4.79 Å². The van der Waals surface area contributed by atoms with Gasteiger partial charge in [0.25, 0.3) is 0 Å². The monoisotopic (exact) mass is 371 g/mol. The smallest absolute Gasteiger partial charge is 0.319 e. The lowest BCUT2D eigenvalue weighted by atomic mass is 10.2. The molecule has 2 heterocycles. The van der Waals surface area contributed by atoms with Gasteiger partial charge in [-0.15, -0.1) is 0 Å². The van der Waals surface area contributed by atoms with E-state index in [0.717, 1.165) is 0 Å². The molecule has 27 heavy (non-hydrogen) atoms.